The van der Waals surface area contributed by atoms with Gasteiger partial charge in [-0.3, -0.25) is 9.48 Å². The summed E-state index contributed by atoms with van der Waals surface area (Å²) in [5.74, 6) is -0.726. The van der Waals surface area contributed by atoms with Crippen LogP contribution in [0.3, 0.4) is 0 Å². The molecule has 0 fully saturated rings. The van der Waals surface area contributed by atoms with Crippen LogP contribution in [0, 0.1) is 5.41 Å². The minimum Gasteiger partial charge on any atom is -0.465 e. The van der Waals surface area contributed by atoms with Crippen LogP contribution in [0.25, 0.3) is 0 Å². The Labute approximate surface area is 210 Å². The van der Waals surface area contributed by atoms with E-state index in [4.69, 9.17) is 4.74 Å². The van der Waals surface area contributed by atoms with E-state index < -0.39 is 38.7 Å². The van der Waals surface area contributed by atoms with Gasteiger partial charge in [-0.05, 0) is 67.7 Å². The molecule has 7 nitrogen and oxygen atoms in total. The molecule has 11 heteroatoms. The minimum absolute atomic E-state index is 0.0920. The van der Waals surface area contributed by atoms with E-state index in [2.05, 4.69) is 9.82 Å². The number of esters is 1. The molecule has 0 aliphatic heterocycles. The average molecular weight is 530 g/mol. The number of carbonyl (C=O) groups excluding carboxylic acids is 1. The fourth-order valence-electron chi connectivity index (χ4n) is 4.72. The SMILES string of the molecule is CCOC(=O)Cn1ncc2c1CCCC2NS(=O)(=O)c1cc(C(C)CC(C)(C)C)cc(C(F)(F)F)c1. The number of rotatable bonds is 8. The van der Waals surface area contributed by atoms with Gasteiger partial charge in [-0.25, -0.2) is 13.1 Å². The molecule has 0 saturated heterocycles. The molecular weight excluding hydrogens is 495 g/mol. The molecule has 36 heavy (non-hydrogen) atoms. The lowest BCUT2D eigenvalue weighted by atomic mass is 9.82. The van der Waals surface area contributed by atoms with Crippen molar-refractivity contribution in [2.24, 2.45) is 5.41 Å². The maximum absolute atomic E-state index is 13.7. The number of benzene rings is 1. The van der Waals surface area contributed by atoms with E-state index in [9.17, 15) is 26.4 Å². The largest absolute Gasteiger partial charge is 0.465 e. The molecule has 1 N–H and O–H groups in total. The summed E-state index contributed by atoms with van der Waals surface area (Å²) >= 11 is 0. The van der Waals surface area contributed by atoms with Crippen LogP contribution in [-0.2, 0) is 38.7 Å². The number of alkyl halides is 3. The Morgan fingerprint density at radius 3 is 2.56 bits per heavy atom. The number of fused-ring (bicyclic) bond motifs is 1. The Bertz CT molecular complexity index is 1200. The van der Waals surface area contributed by atoms with Gasteiger partial charge in [0, 0.05) is 11.3 Å². The van der Waals surface area contributed by atoms with Gasteiger partial charge in [-0.2, -0.15) is 18.3 Å². The zero-order valence-corrected chi connectivity index (χ0v) is 22.1. The molecule has 0 amide bonds. The number of nitrogens with zero attached hydrogens (tertiary/aromatic N) is 2. The van der Waals surface area contributed by atoms with Gasteiger partial charge in [0.2, 0.25) is 10.0 Å². The summed E-state index contributed by atoms with van der Waals surface area (Å²) in [6.45, 7) is 9.60. The predicted molar refractivity (Wildman–Crippen MR) is 129 cm³/mol. The first-order valence-corrected chi connectivity index (χ1v) is 13.5. The second kappa shape index (κ2) is 10.5. The fourth-order valence-corrected chi connectivity index (χ4v) is 6.05. The van der Waals surface area contributed by atoms with Crippen LogP contribution >= 0.6 is 0 Å². The van der Waals surface area contributed by atoms with E-state index >= 15 is 0 Å². The highest BCUT2D eigenvalue weighted by Crippen LogP contribution is 2.37. The Morgan fingerprint density at radius 1 is 1.25 bits per heavy atom. The fraction of sp³-hybridized carbons (Fsp3) is 0.600. The molecule has 2 atom stereocenters. The molecule has 1 aromatic heterocycles. The molecule has 1 aromatic carbocycles. The standard InChI is InChI=1S/C25H34F3N3O4S/c1-6-35-23(32)15-31-22-9-7-8-21(20(22)14-29-31)30-36(33,34)19-11-17(16(2)13-24(3,4)5)10-18(12-19)25(26,27)28/h10-12,14,16,21,30H,6-9,13,15H2,1-5H3. The van der Waals surface area contributed by atoms with E-state index in [1.807, 2.05) is 20.8 Å². The Balaban J connectivity index is 1.93. The van der Waals surface area contributed by atoms with Crippen LogP contribution in [-0.4, -0.2) is 30.8 Å². The van der Waals surface area contributed by atoms with Crippen molar-refractivity contribution in [3.05, 3.63) is 46.8 Å². The van der Waals surface area contributed by atoms with E-state index in [-0.39, 0.29) is 24.5 Å². The van der Waals surface area contributed by atoms with E-state index in [1.165, 1.54) is 16.9 Å². The highest BCUT2D eigenvalue weighted by molar-refractivity contribution is 7.89. The van der Waals surface area contributed by atoms with E-state index in [0.717, 1.165) is 6.07 Å². The molecule has 0 radical (unpaired) electrons. The number of aromatic nitrogens is 2. The maximum atomic E-state index is 13.7. The quantitative estimate of drug-likeness (QED) is 0.465. The topological polar surface area (TPSA) is 90.3 Å². The number of hydrogen-bond acceptors (Lipinski definition) is 5. The smallest absolute Gasteiger partial charge is 0.416 e. The van der Waals surface area contributed by atoms with Gasteiger partial charge >= 0.3 is 12.1 Å². The summed E-state index contributed by atoms with van der Waals surface area (Å²) in [6.07, 6.45) is -0.898. The van der Waals surface area contributed by atoms with Crippen LogP contribution in [0.4, 0.5) is 13.2 Å². The number of ether oxygens (including phenoxy) is 1. The molecule has 2 unspecified atom stereocenters. The van der Waals surface area contributed by atoms with E-state index in [0.29, 0.717) is 48.6 Å². The van der Waals surface area contributed by atoms with Gasteiger partial charge in [-0.1, -0.05) is 27.7 Å². The lowest BCUT2D eigenvalue weighted by Crippen LogP contribution is -2.31. The molecule has 0 bridgehead atoms. The third-order valence-electron chi connectivity index (χ3n) is 6.20. The third kappa shape index (κ3) is 6.88. The minimum atomic E-state index is -4.69. The van der Waals surface area contributed by atoms with Crippen LogP contribution in [0.5, 0.6) is 0 Å². The number of sulfonamides is 1. The van der Waals surface area contributed by atoms with Gasteiger partial charge in [0.1, 0.15) is 6.54 Å². The Hall–Kier alpha value is -2.40. The number of hydrogen-bond donors (Lipinski definition) is 1. The lowest BCUT2D eigenvalue weighted by Gasteiger charge is -2.26. The molecule has 0 spiro atoms. The van der Waals surface area contributed by atoms with Gasteiger partial charge < -0.3 is 4.74 Å². The molecule has 2 aromatic rings. The zero-order valence-electron chi connectivity index (χ0n) is 21.3. The number of halogens is 3. The van der Waals surface area contributed by atoms with Crippen molar-refractivity contribution in [1.82, 2.24) is 14.5 Å². The Morgan fingerprint density at radius 2 is 1.94 bits per heavy atom. The summed E-state index contributed by atoms with van der Waals surface area (Å²) in [4.78, 5) is 11.5. The molecular formula is C25H34F3N3O4S. The van der Waals surface area contributed by atoms with Gasteiger partial charge in [0.25, 0.3) is 0 Å². The van der Waals surface area contributed by atoms with Crippen LogP contribution < -0.4 is 4.72 Å². The second-order valence-corrected chi connectivity index (χ2v) is 12.2. The highest BCUT2D eigenvalue weighted by atomic mass is 32.2. The number of carbonyl (C=O) groups is 1. The third-order valence-corrected chi connectivity index (χ3v) is 7.65. The zero-order chi connectivity index (χ0) is 26.9. The van der Waals surface area contributed by atoms with E-state index in [1.54, 1.807) is 13.8 Å². The van der Waals surface area contributed by atoms with Crippen LogP contribution in [0.2, 0.25) is 0 Å². The van der Waals surface area contributed by atoms with Crippen molar-refractivity contribution >= 4 is 16.0 Å². The average Bonchev–Trinajstić information content (AvgIpc) is 3.15. The summed E-state index contributed by atoms with van der Waals surface area (Å²) in [7, 11) is -4.29. The summed E-state index contributed by atoms with van der Waals surface area (Å²) in [5, 5.41) is 4.22. The highest BCUT2D eigenvalue weighted by Gasteiger charge is 2.35. The molecule has 3 rings (SSSR count). The van der Waals surface area contributed by atoms with Crippen molar-refractivity contribution in [3.8, 4) is 0 Å². The van der Waals surface area contributed by atoms with Crippen molar-refractivity contribution in [3.63, 3.8) is 0 Å². The molecule has 0 saturated carbocycles. The molecule has 1 aliphatic rings. The first kappa shape index (κ1) is 28.2. The lowest BCUT2D eigenvalue weighted by molar-refractivity contribution is -0.144. The maximum Gasteiger partial charge on any atom is 0.416 e. The van der Waals surface area contributed by atoms with Crippen molar-refractivity contribution in [2.45, 2.75) is 89.9 Å². The van der Waals surface area contributed by atoms with Crippen LogP contribution in [0.15, 0.2) is 29.3 Å². The van der Waals surface area contributed by atoms with Gasteiger partial charge in [-0.15, -0.1) is 0 Å². The monoisotopic (exact) mass is 529 g/mol. The first-order valence-electron chi connectivity index (χ1n) is 12.1. The van der Waals surface area contributed by atoms with Gasteiger partial charge in [0.15, 0.2) is 0 Å². The summed E-state index contributed by atoms with van der Waals surface area (Å²) in [5.41, 5.74) is 0.514. The Kier molecular flexibility index (Phi) is 8.24. The molecule has 1 heterocycles. The van der Waals surface area contributed by atoms with Crippen molar-refractivity contribution < 1.29 is 31.1 Å². The van der Waals surface area contributed by atoms with Crippen molar-refractivity contribution in [2.75, 3.05) is 6.61 Å². The summed E-state index contributed by atoms with van der Waals surface area (Å²) < 4.78 is 76.8. The summed E-state index contributed by atoms with van der Waals surface area (Å²) in [6, 6.07) is 2.39. The normalized spacial score (nSPS) is 17.5. The predicted octanol–water partition coefficient (Wildman–Crippen LogP) is 5.36. The number of nitrogens with one attached hydrogen (secondary N) is 1. The van der Waals surface area contributed by atoms with Crippen LogP contribution in [0.1, 0.15) is 88.2 Å². The molecule has 200 valence electrons. The van der Waals surface area contributed by atoms with Gasteiger partial charge in [0.05, 0.1) is 29.3 Å². The van der Waals surface area contributed by atoms with Crippen molar-refractivity contribution in [1.29, 1.82) is 0 Å². The second-order valence-electron chi connectivity index (χ2n) is 10.5. The first-order chi connectivity index (χ1) is 16.6. The molecule has 1 aliphatic carbocycles.